The van der Waals surface area contributed by atoms with E-state index < -0.39 is 0 Å². The lowest BCUT2D eigenvalue weighted by Gasteiger charge is -2.11. The van der Waals surface area contributed by atoms with Crippen LogP contribution in [-0.4, -0.2) is 21.9 Å². The second-order valence-electron chi connectivity index (χ2n) is 8.09. The molecule has 5 aromatic rings. The number of nitrogens with zero attached hydrogens (tertiary/aromatic N) is 2. The number of carbonyl (C=O) groups excluding carboxylic acids is 1. The number of thioether (sulfide) groups is 1. The van der Waals surface area contributed by atoms with E-state index in [0.29, 0.717) is 5.13 Å². The van der Waals surface area contributed by atoms with E-state index in [9.17, 15) is 4.79 Å². The first kappa shape index (κ1) is 24.5. The Morgan fingerprint density at radius 3 is 2.24 bits per heavy atom. The number of hydrogen-bond donors (Lipinski definition) is 2. The molecule has 1 amide bonds. The first-order valence-corrected chi connectivity index (χ1v) is 13.5. The van der Waals surface area contributed by atoms with Crippen molar-refractivity contribution in [2.45, 2.75) is 10.8 Å². The van der Waals surface area contributed by atoms with Gasteiger partial charge in [0.1, 0.15) is 11.5 Å². The molecule has 4 aromatic carbocycles. The maximum absolute atomic E-state index is 12.6. The molecule has 0 bridgehead atoms. The Bertz CT molecular complexity index is 1440. The average molecular weight is 525 g/mol. The smallest absolute Gasteiger partial charge is 0.234 e. The fraction of sp³-hybridized carbons (Fsp3) is 0.0690. The fourth-order valence-corrected chi connectivity index (χ4v) is 5.17. The molecule has 6 nitrogen and oxygen atoms in total. The zero-order chi connectivity index (χ0) is 25.3. The van der Waals surface area contributed by atoms with E-state index in [-0.39, 0.29) is 11.7 Å². The van der Waals surface area contributed by atoms with E-state index in [0.717, 1.165) is 39.2 Å². The second kappa shape index (κ2) is 12.2. The molecule has 1 heterocycles. The normalized spacial score (nSPS) is 10.6. The molecule has 0 unspecified atom stereocenters. The van der Waals surface area contributed by atoms with Gasteiger partial charge in [-0.1, -0.05) is 89.8 Å². The van der Waals surface area contributed by atoms with Crippen LogP contribution in [0.5, 0.6) is 11.5 Å². The largest absolute Gasteiger partial charge is 0.457 e. The van der Waals surface area contributed by atoms with Gasteiger partial charge in [-0.2, -0.15) is 0 Å². The van der Waals surface area contributed by atoms with Gasteiger partial charge in [0.2, 0.25) is 11.0 Å². The van der Waals surface area contributed by atoms with Crippen LogP contribution in [0.4, 0.5) is 16.5 Å². The highest BCUT2D eigenvalue weighted by atomic mass is 32.2. The maximum atomic E-state index is 12.6. The number of anilines is 3. The standard InChI is InChI=1S/C29H24N4O2S2/c34-27(31-26-14-8-7-11-22(26)19-21-9-3-1-4-10-21)20-36-29-33-32-28(37-29)30-23-15-17-25(18-16-23)35-24-12-5-2-6-13-24/h1-18H,19-20H2,(H,30,32)(H,31,34). The van der Waals surface area contributed by atoms with Gasteiger partial charge in [0.05, 0.1) is 5.75 Å². The number of rotatable bonds is 10. The molecule has 184 valence electrons. The van der Waals surface area contributed by atoms with Gasteiger partial charge >= 0.3 is 0 Å². The Morgan fingerprint density at radius 1 is 0.784 bits per heavy atom. The van der Waals surface area contributed by atoms with E-state index in [1.807, 2.05) is 97.1 Å². The molecule has 0 saturated carbocycles. The van der Waals surface area contributed by atoms with Crippen molar-refractivity contribution in [3.05, 3.63) is 120 Å². The summed E-state index contributed by atoms with van der Waals surface area (Å²) in [4.78, 5) is 12.6. The average Bonchev–Trinajstić information content (AvgIpc) is 3.38. The van der Waals surface area contributed by atoms with Crippen LogP contribution in [0.15, 0.2) is 114 Å². The van der Waals surface area contributed by atoms with Gasteiger partial charge in [0, 0.05) is 11.4 Å². The van der Waals surface area contributed by atoms with Crippen LogP contribution in [0.25, 0.3) is 0 Å². The van der Waals surface area contributed by atoms with E-state index in [1.54, 1.807) is 0 Å². The molecule has 0 radical (unpaired) electrons. The molecule has 2 N–H and O–H groups in total. The molecular weight excluding hydrogens is 500 g/mol. The van der Waals surface area contributed by atoms with Gasteiger partial charge < -0.3 is 15.4 Å². The molecular formula is C29H24N4O2S2. The van der Waals surface area contributed by atoms with Crippen LogP contribution in [-0.2, 0) is 11.2 Å². The molecule has 0 aliphatic rings. The van der Waals surface area contributed by atoms with E-state index >= 15 is 0 Å². The second-order valence-corrected chi connectivity index (χ2v) is 10.3. The first-order valence-electron chi connectivity index (χ1n) is 11.7. The molecule has 0 aliphatic carbocycles. The highest BCUT2D eigenvalue weighted by Crippen LogP contribution is 2.29. The Labute approximate surface area is 223 Å². The Morgan fingerprint density at radius 2 is 1.46 bits per heavy atom. The number of aromatic nitrogens is 2. The number of hydrogen-bond acceptors (Lipinski definition) is 7. The van der Waals surface area contributed by atoms with Crippen LogP contribution in [0, 0.1) is 0 Å². The number of amides is 1. The van der Waals surface area contributed by atoms with Crippen molar-refractivity contribution >= 4 is 45.5 Å². The molecule has 1 aromatic heterocycles. The van der Waals surface area contributed by atoms with Gasteiger partial charge in [-0.3, -0.25) is 4.79 Å². The highest BCUT2D eigenvalue weighted by molar-refractivity contribution is 8.01. The van der Waals surface area contributed by atoms with Crippen LogP contribution in [0.3, 0.4) is 0 Å². The lowest BCUT2D eigenvalue weighted by Crippen LogP contribution is -2.15. The summed E-state index contributed by atoms with van der Waals surface area (Å²) in [7, 11) is 0. The molecule has 0 spiro atoms. The van der Waals surface area contributed by atoms with E-state index in [4.69, 9.17) is 4.74 Å². The number of para-hydroxylation sites is 2. The summed E-state index contributed by atoms with van der Waals surface area (Å²) in [5.41, 5.74) is 3.98. The van der Waals surface area contributed by atoms with Crippen LogP contribution in [0.1, 0.15) is 11.1 Å². The van der Waals surface area contributed by atoms with Crippen molar-refractivity contribution in [1.82, 2.24) is 10.2 Å². The summed E-state index contributed by atoms with van der Waals surface area (Å²) >= 11 is 2.77. The van der Waals surface area contributed by atoms with Gasteiger partial charge in [0.15, 0.2) is 4.34 Å². The number of nitrogens with one attached hydrogen (secondary N) is 2. The van der Waals surface area contributed by atoms with Crippen molar-refractivity contribution in [3.8, 4) is 11.5 Å². The molecule has 0 atom stereocenters. The minimum atomic E-state index is -0.0794. The zero-order valence-corrected chi connectivity index (χ0v) is 21.5. The highest BCUT2D eigenvalue weighted by Gasteiger charge is 2.11. The SMILES string of the molecule is O=C(CSc1nnc(Nc2ccc(Oc3ccccc3)cc2)s1)Nc1ccccc1Cc1ccccc1. The zero-order valence-electron chi connectivity index (χ0n) is 19.8. The summed E-state index contributed by atoms with van der Waals surface area (Å²) in [6.45, 7) is 0. The first-order chi connectivity index (χ1) is 18.2. The molecule has 8 heteroatoms. The monoisotopic (exact) mass is 524 g/mol. The topological polar surface area (TPSA) is 76.1 Å². The fourth-order valence-electron chi connectivity index (χ4n) is 3.60. The molecule has 5 rings (SSSR count). The molecule has 0 fully saturated rings. The minimum absolute atomic E-state index is 0.0794. The molecule has 37 heavy (non-hydrogen) atoms. The summed E-state index contributed by atoms with van der Waals surface area (Å²) in [5, 5.41) is 15.3. The van der Waals surface area contributed by atoms with Gasteiger partial charge in [-0.15, -0.1) is 10.2 Å². The van der Waals surface area contributed by atoms with Crippen molar-refractivity contribution in [2.75, 3.05) is 16.4 Å². The van der Waals surface area contributed by atoms with Crippen molar-refractivity contribution in [2.24, 2.45) is 0 Å². The number of carbonyl (C=O) groups is 1. The summed E-state index contributed by atoms with van der Waals surface area (Å²) in [6.07, 6.45) is 0.759. The predicted molar refractivity (Wildman–Crippen MR) is 151 cm³/mol. The molecule has 0 saturated heterocycles. The lowest BCUT2D eigenvalue weighted by atomic mass is 10.0. The Hall–Kier alpha value is -4.14. The van der Waals surface area contributed by atoms with Crippen LogP contribution in [0.2, 0.25) is 0 Å². The summed E-state index contributed by atoms with van der Waals surface area (Å²) in [5.74, 6) is 1.71. The van der Waals surface area contributed by atoms with Gasteiger partial charge in [-0.05, 0) is 60.0 Å². The maximum Gasteiger partial charge on any atom is 0.234 e. The quantitative estimate of drug-likeness (QED) is 0.185. The lowest BCUT2D eigenvalue weighted by molar-refractivity contribution is -0.113. The van der Waals surface area contributed by atoms with Crippen molar-refractivity contribution in [3.63, 3.8) is 0 Å². The number of benzene rings is 4. The summed E-state index contributed by atoms with van der Waals surface area (Å²) < 4.78 is 6.55. The van der Waals surface area contributed by atoms with Crippen LogP contribution < -0.4 is 15.4 Å². The third-order valence-corrected chi connectivity index (χ3v) is 7.32. The molecule has 0 aliphatic heterocycles. The van der Waals surface area contributed by atoms with Gasteiger partial charge in [0.25, 0.3) is 0 Å². The third kappa shape index (κ3) is 7.19. The van der Waals surface area contributed by atoms with Crippen LogP contribution >= 0.6 is 23.1 Å². The van der Waals surface area contributed by atoms with Crippen molar-refractivity contribution in [1.29, 1.82) is 0 Å². The number of ether oxygens (including phenoxy) is 1. The minimum Gasteiger partial charge on any atom is -0.457 e. The van der Waals surface area contributed by atoms with Gasteiger partial charge in [-0.25, -0.2) is 0 Å². The Kier molecular flexibility index (Phi) is 8.10. The predicted octanol–water partition coefficient (Wildman–Crippen LogP) is 7.40. The van der Waals surface area contributed by atoms with E-state index in [2.05, 4.69) is 33.0 Å². The van der Waals surface area contributed by atoms with E-state index in [1.165, 1.54) is 28.7 Å². The summed E-state index contributed by atoms with van der Waals surface area (Å²) in [6, 6.07) is 35.4. The third-order valence-electron chi connectivity index (χ3n) is 5.35. The Balaban J connectivity index is 1.12. The van der Waals surface area contributed by atoms with Crippen molar-refractivity contribution < 1.29 is 9.53 Å².